The zero-order valence-electron chi connectivity index (χ0n) is 19.8. The molecule has 1 unspecified atom stereocenters. The smallest absolute Gasteiger partial charge is 0.310 e. The lowest BCUT2D eigenvalue weighted by Gasteiger charge is -2.35. The maximum absolute atomic E-state index is 12.2. The third-order valence-corrected chi connectivity index (χ3v) is 6.03. The summed E-state index contributed by atoms with van der Waals surface area (Å²) in [6.45, 7) is 2.82. The van der Waals surface area contributed by atoms with Crippen molar-refractivity contribution in [2.45, 2.75) is 25.9 Å². The number of nitrogens with one attached hydrogen (secondary N) is 2. The molecule has 1 aromatic heterocycles. The number of fused-ring (bicyclic) bond motifs is 1. The Morgan fingerprint density at radius 3 is 2.63 bits per heavy atom. The highest BCUT2D eigenvalue weighted by atomic mass is 16.5. The van der Waals surface area contributed by atoms with Gasteiger partial charge in [0.25, 0.3) is 5.91 Å². The van der Waals surface area contributed by atoms with Crippen LogP contribution in [0.5, 0.6) is 0 Å². The monoisotopic (exact) mass is 472 g/mol. The van der Waals surface area contributed by atoms with Gasteiger partial charge in [0.2, 0.25) is 6.41 Å². The van der Waals surface area contributed by atoms with E-state index in [1.165, 1.54) is 0 Å². The minimum atomic E-state index is -0.342. The number of aromatic nitrogens is 1. The Kier molecular flexibility index (Phi) is 7.52. The van der Waals surface area contributed by atoms with Gasteiger partial charge in [0.1, 0.15) is 11.9 Å². The number of amides is 2. The molecule has 0 saturated heterocycles. The molecule has 2 amide bonds. The number of benzene rings is 2. The van der Waals surface area contributed by atoms with E-state index >= 15 is 0 Å². The number of rotatable bonds is 8. The third-order valence-electron chi connectivity index (χ3n) is 6.03. The molecule has 0 fully saturated rings. The van der Waals surface area contributed by atoms with E-state index in [0.717, 1.165) is 46.3 Å². The number of hydrogen-bond donors (Lipinski definition) is 2. The molecular weight excluding hydrogens is 444 g/mol. The normalized spacial score (nSPS) is 14.5. The molecule has 3 aromatic rings. The van der Waals surface area contributed by atoms with Gasteiger partial charge in [-0.2, -0.15) is 0 Å². The van der Waals surface area contributed by atoms with Gasteiger partial charge >= 0.3 is 5.97 Å². The molecule has 2 heterocycles. The van der Waals surface area contributed by atoms with E-state index in [-0.39, 0.29) is 24.5 Å². The summed E-state index contributed by atoms with van der Waals surface area (Å²) in [5.41, 5.74) is 5.99. The number of carbonyl (C=O) groups is 3. The van der Waals surface area contributed by atoms with Crippen LogP contribution in [0, 0.1) is 0 Å². The predicted molar refractivity (Wildman–Crippen MR) is 133 cm³/mol. The summed E-state index contributed by atoms with van der Waals surface area (Å²) in [6.07, 6.45) is 3.17. The summed E-state index contributed by atoms with van der Waals surface area (Å²) in [6, 6.07) is 17.0. The molecule has 0 aliphatic carbocycles. The molecule has 4 rings (SSSR count). The van der Waals surface area contributed by atoms with Crippen molar-refractivity contribution in [2.75, 3.05) is 25.1 Å². The minimum absolute atomic E-state index is 0.190. The predicted octanol–water partition coefficient (Wildman–Crippen LogP) is 3.02. The first-order chi connectivity index (χ1) is 17.0. The van der Waals surface area contributed by atoms with Crippen LogP contribution in [-0.2, 0) is 27.2 Å². The average molecular weight is 473 g/mol. The molecule has 2 N–H and O–H groups in total. The summed E-state index contributed by atoms with van der Waals surface area (Å²) in [7, 11) is 1.57. The van der Waals surface area contributed by atoms with Gasteiger partial charge in [-0.15, -0.1) is 0 Å². The van der Waals surface area contributed by atoms with E-state index in [1.54, 1.807) is 31.1 Å². The van der Waals surface area contributed by atoms with E-state index in [2.05, 4.69) is 15.6 Å². The zero-order chi connectivity index (χ0) is 24.8. The molecule has 2 aromatic carbocycles. The third kappa shape index (κ3) is 5.22. The van der Waals surface area contributed by atoms with Crippen molar-refractivity contribution in [3.05, 3.63) is 83.2 Å². The Morgan fingerprint density at radius 2 is 1.97 bits per heavy atom. The van der Waals surface area contributed by atoms with Crippen molar-refractivity contribution in [3.63, 3.8) is 0 Å². The number of hydrogen-bond acceptors (Lipinski definition) is 6. The Labute approximate surface area is 204 Å². The van der Waals surface area contributed by atoms with Gasteiger partial charge < -0.3 is 10.1 Å². The van der Waals surface area contributed by atoms with Crippen molar-refractivity contribution >= 4 is 24.0 Å². The van der Waals surface area contributed by atoms with Crippen molar-refractivity contribution < 1.29 is 19.1 Å². The van der Waals surface area contributed by atoms with Crippen LogP contribution in [0.4, 0.5) is 5.69 Å². The number of pyridine rings is 1. The lowest BCUT2D eigenvalue weighted by Crippen LogP contribution is -2.42. The summed E-state index contributed by atoms with van der Waals surface area (Å²) < 4.78 is 5.01. The fourth-order valence-electron chi connectivity index (χ4n) is 4.35. The van der Waals surface area contributed by atoms with Crippen molar-refractivity contribution in [1.82, 2.24) is 15.6 Å². The van der Waals surface area contributed by atoms with Gasteiger partial charge in [0.15, 0.2) is 0 Å². The number of ether oxygens (including phenoxy) is 1. The molecule has 35 heavy (non-hydrogen) atoms. The van der Waals surface area contributed by atoms with Crippen molar-refractivity contribution in [2.24, 2.45) is 0 Å². The van der Waals surface area contributed by atoms with Gasteiger partial charge in [-0.1, -0.05) is 36.4 Å². The summed E-state index contributed by atoms with van der Waals surface area (Å²) in [5, 5.41) is 6.03. The van der Waals surface area contributed by atoms with Crippen LogP contribution >= 0.6 is 0 Å². The maximum atomic E-state index is 12.2. The van der Waals surface area contributed by atoms with Crippen LogP contribution in [-0.4, -0.2) is 43.5 Å². The zero-order valence-corrected chi connectivity index (χ0v) is 19.8. The maximum Gasteiger partial charge on any atom is 0.310 e. The standard InChI is InChI=1S/C27H28N4O4/c1-3-35-25(33)15-18-7-10-20(11-8-18)31(17-32)26-23-6-4-5-21(22(23)13-14-29-26)19-9-12-24(30-16-19)27(34)28-2/h4-12,16-17,26,29H,3,13-15H2,1-2H3,(H,28,34). The molecular formula is C27H28N4O4. The van der Waals surface area contributed by atoms with Crippen LogP contribution in [0.15, 0.2) is 60.8 Å². The Balaban J connectivity index is 1.62. The van der Waals surface area contributed by atoms with E-state index in [9.17, 15) is 14.4 Å². The second kappa shape index (κ2) is 10.9. The molecule has 1 aliphatic heterocycles. The SMILES string of the molecule is CCOC(=O)Cc1ccc(N(C=O)C2NCCc3c(-c4ccc(C(=O)NC)nc4)cccc32)cc1. The van der Waals surface area contributed by atoms with E-state index < -0.39 is 0 Å². The highest BCUT2D eigenvalue weighted by molar-refractivity contribution is 5.92. The van der Waals surface area contributed by atoms with Crippen LogP contribution in [0.25, 0.3) is 11.1 Å². The Bertz CT molecular complexity index is 1210. The number of carbonyl (C=O) groups excluding carboxylic acids is 3. The molecule has 8 heteroatoms. The number of nitrogens with zero attached hydrogens (tertiary/aromatic N) is 2. The van der Waals surface area contributed by atoms with Gasteiger partial charge in [0, 0.05) is 31.0 Å². The number of esters is 1. The highest BCUT2D eigenvalue weighted by Gasteiger charge is 2.27. The second-order valence-electron chi connectivity index (χ2n) is 8.15. The van der Waals surface area contributed by atoms with Gasteiger partial charge in [-0.25, -0.2) is 0 Å². The Morgan fingerprint density at radius 1 is 1.17 bits per heavy atom. The lowest BCUT2D eigenvalue weighted by atomic mass is 9.90. The summed E-state index contributed by atoms with van der Waals surface area (Å²) in [5.74, 6) is -0.508. The average Bonchev–Trinajstić information content (AvgIpc) is 2.89. The molecule has 0 spiro atoms. The van der Waals surface area contributed by atoms with E-state index in [0.29, 0.717) is 18.8 Å². The van der Waals surface area contributed by atoms with Crippen LogP contribution in [0.3, 0.4) is 0 Å². The van der Waals surface area contributed by atoms with Crippen LogP contribution in [0.2, 0.25) is 0 Å². The van der Waals surface area contributed by atoms with Crippen molar-refractivity contribution in [1.29, 1.82) is 0 Å². The van der Waals surface area contributed by atoms with Crippen LogP contribution in [0.1, 0.15) is 40.3 Å². The molecule has 8 nitrogen and oxygen atoms in total. The quantitative estimate of drug-likeness (QED) is 0.386. The fourth-order valence-corrected chi connectivity index (χ4v) is 4.35. The van der Waals surface area contributed by atoms with E-state index in [4.69, 9.17) is 4.74 Å². The molecule has 0 saturated carbocycles. The van der Waals surface area contributed by atoms with Gasteiger partial charge in [-0.05, 0) is 53.8 Å². The van der Waals surface area contributed by atoms with E-state index in [1.807, 2.05) is 48.5 Å². The van der Waals surface area contributed by atoms with Crippen LogP contribution < -0.4 is 15.5 Å². The summed E-state index contributed by atoms with van der Waals surface area (Å²) >= 11 is 0. The summed E-state index contributed by atoms with van der Waals surface area (Å²) in [4.78, 5) is 41.8. The highest BCUT2D eigenvalue weighted by Crippen LogP contribution is 2.35. The van der Waals surface area contributed by atoms with Gasteiger partial charge in [-0.3, -0.25) is 29.6 Å². The topological polar surface area (TPSA) is 101 Å². The first-order valence-electron chi connectivity index (χ1n) is 11.6. The van der Waals surface area contributed by atoms with Crippen molar-refractivity contribution in [3.8, 4) is 11.1 Å². The second-order valence-corrected chi connectivity index (χ2v) is 8.15. The lowest BCUT2D eigenvalue weighted by molar-refractivity contribution is -0.142. The van der Waals surface area contributed by atoms with Gasteiger partial charge in [0.05, 0.1) is 13.0 Å². The molecule has 180 valence electrons. The largest absolute Gasteiger partial charge is 0.466 e. The number of anilines is 1. The minimum Gasteiger partial charge on any atom is -0.466 e. The fraction of sp³-hybridized carbons (Fsp3) is 0.259. The first kappa shape index (κ1) is 24.1. The molecule has 1 atom stereocenters. The molecule has 0 bridgehead atoms. The first-order valence-corrected chi connectivity index (χ1v) is 11.6. The molecule has 0 radical (unpaired) electrons. The Hall–Kier alpha value is -4.04. The molecule has 1 aliphatic rings.